The second-order valence-electron chi connectivity index (χ2n) is 5.45. The molecule has 0 saturated carbocycles. The minimum Gasteiger partial charge on any atom is -0.314 e. The largest absolute Gasteiger partial charge is 0.314 e. The quantitative estimate of drug-likeness (QED) is 0.812. The molecule has 0 atom stereocenters. The molecule has 0 amide bonds. The molecule has 16 heavy (non-hydrogen) atoms. The smallest absolute Gasteiger partial charge is 0.0765 e. The zero-order valence-corrected chi connectivity index (χ0v) is 10.5. The number of piperazine rings is 1. The van der Waals surface area contributed by atoms with Crippen LogP contribution in [0.3, 0.4) is 0 Å². The van der Waals surface area contributed by atoms with Crippen LogP contribution in [-0.4, -0.2) is 40.9 Å². The predicted octanol–water partition coefficient (Wildman–Crippen LogP) is 1.04. The molecule has 4 heteroatoms. The average Bonchev–Trinajstić information content (AvgIpc) is 2.67. The minimum absolute atomic E-state index is 0.0850. The highest BCUT2D eigenvalue weighted by molar-refractivity contribution is 5.01. The maximum atomic E-state index is 4.63. The van der Waals surface area contributed by atoms with E-state index in [-0.39, 0.29) is 5.54 Å². The van der Waals surface area contributed by atoms with Gasteiger partial charge >= 0.3 is 0 Å². The molecule has 1 aliphatic rings. The predicted molar refractivity (Wildman–Crippen MR) is 65.4 cm³/mol. The average molecular weight is 222 g/mol. The van der Waals surface area contributed by atoms with Gasteiger partial charge in [-0.05, 0) is 26.8 Å². The normalized spacial score (nSPS) is 18.9. The maximum absolute atomic E-state index is 4.63. The highest BCUT2D eigenvalue weighted by atomic mass is 15.3. The van der Waals surface area contributed by atoms with Crippen molar-refractivity contribution in [2.24, 2.45) is 0 Å². The second-order valence-corrected chi connectivity index (χ2v) is 5.45. The molecule has 0 aliphatic carbocycles. The van der Waals surface area contributed by atoms with Gasteiger partial charge in [0.2, 0.25) is 0 Å². The highest BCUT2D eigenvalue weighted by Gasteiger charge is 2.16. The molecular weight excluding hydrogens is 200 g/mol. The molecule has 1 aromatic heterocycles. The van der Waals surface area contributed by atoms with Crippen LogP contribution in [0, 0.1) is 0 Å². The lowest BCUT2D eigenvalue weighted by atomic mass is 10.1. The van der Waals surface area contributed by atoms with E-state index in [1.165, 1.54) is 5.69 Å². The van der Waals surface area contributed by atoms with E-state index in [0.717, 1.165) is 32.7 Å². The summed E-state index contributed by atoms with van der Waals surface area (Å²) in [7, 11) is 0. The van der Waals surface area contributed by atoms with E-state index in [4.69, 9.17) is 0 Å². The van der Waals surface area contributed by atoms with Crippen LogP contribution in [-0.2, 0) is 12.1 Å². The molecule has 1 aliphatic heterocycles. The number of hydrogen-bond donors (Lipinski definition) is 1. The molecule has 1 N–H and O–H groups in total. The van der Waals surface area contributed by atoms with E-state index >= 15 is 0 Å². The summed E-state index contributed by atoms with van der Waals surface area (Å²) in [5.74, 6) is 0. The zero-order valence-electron chi connectivity index (χ0n) is 10.5. The lowest BCUT2D eigenvalue weighted by Gasteiger charge is -2.26. The number of nitrogens with one attached hydrogen (secondary N) is 1. The van der Waals surface area contributed by atoms with Crippen LogP contribution in [0.4, 0.5) is 0 Å². The van der Waals surface area contributed by atoms with Crippen LogP contribution in [0.25, 0.3) is 0 Å². The Labute approximate surface area is 97.6 Å². The maximum Gasteiger partial charge on any atom is 0.0765 e. The summed E-state index contributed by atoms with van der Waals surface area (Å²) < 4.78 is 2.05. The summed E-state index contributed by atoms with van der Waals surface area (Å²) >= 11 is 0. The topological polar surface area (TPSA) is 33.1 Å². The van der Waals surface area contributed by atoms with Crippen LogP contribution in [0.2, 0.25) is 0 Å². The van der Waals surface area contributed by atoms with Crippen LogP contribution < -0.4 is 5.32 Å². The molecule has 0 bridgehead atoms. The Hall–Kier alpha value is -0.870. The number of hydrogen-bond acceptors (Lipinski definition) is 3. The lowest BCUT2D eigenvalue weighted by Crippen LogP contribution is -2.43. The van der Waals surface area contributed by atoms with Crippen molar-refractivity contribution >= 4 is 0 Å². The highest BCUT2D eigenvalue weighted by Crippen LogP contribution is 2.13. The van der Waals surface area contributed by atoms with E-state index in [9.17, 15) is 0 Å². The molecule has 1 fully saturated rings. The van der Waals surface area contributed by atoms with Gasteiger partial charge in [-0.2, -0.15) is 5.10 Å². The van der Waals surface area contributed by atoms with Crippen molar-refractivity contribution < 1.29 is 0 Å². The van der Waals surface area contributed by atoms with E-state index in [0.29, 0.717) is 0 Å². The third kappa shape index (κ3) is 2.83. The molecule has 2 rings (SSSR count). The van der Waals surface area contributed by atoms with Gasteiger partial charge in [0.25, 0.3) is 0 Å². The van der Waals surface area contributed by atoms with Crippen molar-refractivity contribution in [1.29, 1.82) is 0 Å². The molecule has 0 radical (unpaired) electrons. The van der Waals surface area contributed by atoms with Crippen LogP contribution in [0.1, 0.15) is 26.5 Å². The Morgan fingerprint density at radius 3 is 2.56 bits per heavy atom. The molecular formula is C12H22N4. The first-order chi connectivity index (χ1) is 7.55. The van der Waals surface area contributed by atoms with Crippen molar-refractivity contribution in [3.05, 3.63) is 18.0 Å². The van der Waals surface area contributed by atoms with Gasteiger partial charge in [-0.3, -0.25) is 9.58 Å². The van der Waals surface area contributed by atoms with Crippen LogP contribution in [0.5, 0.6) is 0 Å². The van der Waals surface area contributed by atoms with Crippen LogP contribution in [0.15, 0.2) is 12.3 Å². The SMILES string of the molecule is CC(C)(C)n1ccc(CN2CCNCC2)n1. The van der Waals surface area contributed by atoms with Gasteiger partial charge in [0, 0.05) is 38.9 Å². The summed E-state index contributed by atoms with van der Waals surface area (Å²) in [6.07, 6.45) is 2.08. The summed E-state index contributed by atoms with van der Waals surface area (Å²) in [6, 6.07) is 2.13. The molecule has 0 unspecified atom stereocenters. The number of aromatic nitrogens is 2. The fraction of sp³-hybridized carbons (Fsp3) is 0.750. The first-order valence-electron chi connectivity index (χ1n) is 6.04. The van der Waals surface area contributed by atoms with Gasteiger partial charge in [0.1, 0.15) is 0 Å². The molecule has 1 saturated heterocycles. The Morgan fingerprint density at radius 2 is 2.00 bits per heavy atom. The molecule has 0 spiro atoms. The summed E-state index contributed by atoms with van der Waals surface area (Å²) in [5.41, 5.74) is 1.26. The van der Waals surface area contributed by atoms with E-state index < -0.39 is 0 Å². The molecule has 0 aromatic carbocycles. The minimum atomic E-state index is 0.0850. The Bertz CT molecular complexity index is 331. The Kier molecular flexibility index (Phi) is 3.30. The number of rotatable bonds is 2. The first kappa shape index (κ1) is 11.6. The van der Waals surface area contributed by atoms with Crippen molar-refractivity contribution in [3.8, 4) is 0 Å². The fourth-order valence-corrected chi connectivity index (χ4v) is 1.92. The summed E-state index contributed by atoms with van der Waals surface area (Å²) in [6.45, 7) is 12.0. The van der Waals surface area contributed by atoms with Gasteiger partial charge < -0.3 is 5.32 Å². The monoisotopic (exact) mass is 222 g/mol. The third-order valence-corrected chi connectivity index (χ3v) is 2.93. The van der Waals surface area contributed by atoms with E-state index in [1.807, 2.05) is 4.68 Å². The van der Waals surface area contributed by atoms with Gasteiger partial charge in [0.05, 0.1) is 11.2 Å². The molecule has 4 nitrogen and oxygen atoms in total. The summed E-state index contributed by atoms with van der Waals surface area (Å²) in [5, 5.41) is 7.99. The van der Waals surface area contributed by atoms with E-state index in [2.05, 4.69) is 48.3 Å². The van der Waals surface area contributed by atoms with Crippen molar-refractivity contribution in [1.82, 2.24) is 20.0 Å². The third-order valence-electron chi connectivity index (χ3n) is 2.93. The molecule has 90 valence electrons. The van der Waals surface area contributed by atoms with Gasteiger partial charge in [-0.1, -0.05) is 0 Å². The Balaban J connectivity index is 1.97. The zero-order chi connectivity index (χ0) is 11.6. The van der Waals surface area contributed by atoms with Crippen LogP contribution >= 0.6 is 0 Å². The summed E-state index contributed by atoms with van der Waals surface area (Å²) in [4.78, 5) is 2.45. The Morgan fingerprint density at radius 1 is 1.31 bits per heavy atom. The fourth-order valence-electron chi connectivity index (χ4n) is 1.92. The van der Waals surface area contributed by atoms with Gasteiger partial charge in [-0.25, -0.2) is 0 Å². The van der Waals surface area contributed by atoms with Crippen molar-refractivity contribution in [2.75, 3.05) is 26.2 Å². The van der Waals surface area contributed by atoms with E-state index in [1.54, 1.807) is 0 Å². The standard InChI is InChI=1S/C12H22N4/c1-12(2,3)16-7-4-11(14-16)10-15-8-5-13-6-9-15/h4,7,13H,5-6,8-10H2,1-3H3. The molecule has 1 aromatic rings. The lowest BCUT2D eigenvalue weighted by molar-refractivity contribution is 0.228. The van der Waals surface area contributed by atoms with Gasteiger partial charge in [0.15, 0.2) is 0 Å². The van der Waals surface area contributed by atoms with Gasteiger partial charge in [-0.15, -0.1) is 0 Å². The number of nitrogens with zero attached hydrogens (tertiary/aromatic N) is 3. The first-order valence-corrected chi connectivity index (χ1v) is 6.04. The van der Waals surface area contributed by atoms with Crippen molar-refractivity contribution in [2.45, 2.75) is 32.9 Å². The molecule has 2 heterocycles. The second kappa shape index (κ2) is 4.55. The van der Waals surface area contributed by atoms with Crippen molar-refractivity contribution in [3.63, 3.8) is 0 Å².